The normalized spacial score (nSPS) is 19.6. The molecule has 2 N–H and O–H groups in total. The summed E-state index contributed by atoms with van der Waals surface area (Å²) >= 11 is 4.32. The molecule has 4 heteroatoms. The van der Waals surface area contributed by atoms with Crippen molar-refractivity contribution in [3.05, 3.63) is 55.3 Å². The first-order chi connectivity index (χ1) is 9.78. The lowest BCUT2D eigenvalue weighted by atomic mass is 9.92. The number of benzene rings is 1. The van der Waals surface area contributed by atoms with E-state index in [-0.39, 0.29) is 12.6 Å². The van der Waals surface area contributed by atoms with Gasteiger partial charge >= 0.3 is 0 Å². The van der Waals surface area contributed by atoms with Crippen LogP contribution in [-0.2, 0) is 6.42 Å². The van der Waals surface area contributed by atoms with Crippen LogP contribution in [0.1, 0.15) is 40.9 Å². The molecule has 0 saturated heterocycles. The van der Waals surface area contributed by atoms with Crippen molar-refractivity contribution in [2.45, 2.75) is 31.3 Å². The molecule has 2 atom stereocenters. The molecule has 3 rings (SSSR count). The van der Waals surface area contributed by atoms with Gasteiger partial charge < -0.3 is 10.4 Å². The maximum atomic E-state index is 9.70. The molecule has 0 bridgehead atoms. The fourth-order valence-electron chi connectivity index (χ4n) is 2.88. The van der Waals surface area contributed by atoms with Crippen LogP contribution < -0.4 is 5.32 Å². The fraction of sp³-hybridized carbons (Fsp3) is 0.375. The molecule has 0 radical (unpaired) electrons. The molecular formula is C16H18INOS. The highest BCUT2D eigenvalue weighted by Gasteiger charge is 2.25. The molecule has 1 aromatic carbocycles. The van der Waals surface area contributed by atoms with Crippen LogP contribution in [0.2, 0.25) is 0 Å². The van der Waals surface area contributed by atoms with E-state index in [1.807, 2.05) is 29.5 Å². The van der Waals surface area contributed by atoms with Crippen LogP contribution in [-0.4, -0.2) is 11.7 Å². The highest BCUT2D eigenvalue weighted by molar-refractivity contribution is 14.1. The Morgan fingerprint density at radius 3 is 2.90 bits per heavy atom. The molecule has 106 valence electrons. The molecule has 2 nitrogen and oxygen atoms in total. The summed E-state index contributed by atoms with van der Waals surface area (Å²) in [6, 6.07) is 12.9. The monoisotopic (exact) mass is 399 g/mol. The van der Waals surface area contributed by atoms with Gasteiger partial charge in [0.2, 0.25) is 0 Å². The second-order valence-electron chi connectivity index (χ2n) is 5.19. The molecule has 20 heavy (non-hydrogen) atoms. The number of hydrogen-bond donors (Lipinski definition) is 2. The number of aliphatic hydroxyl groups is 1. The van der Waals surface area contributed by atoms with E-state index in [9.17, 15) is 5.11 Å². The topological polar surface area (TPSA) is 32.3 Å². The van der Waals surface area contributed by atoms with Crippen LogP contribution >= 0.6 is 33.9 Å². The van der Waals surface area contributed by atoms with E-state index in [0.29, 0.717) is 6.04 Å². The minimum atomic E-state index is 0.0183. The summed E-state index contributed by atoms with van der Waals surface area (Å²) in [7, 11) is 0. The van der Waals surface area contributed by atoms with Gasteiger partial charge in [-0.25, -0.2) is 0 Å². The van der Waals surface area contributed by atoms with E-state index < -0.39 is 0 Å². The number of aryl methyl sites for hydroxylation is 1. The Morgan fingerprint density at radius 2 is 2.15 bits per heavy atom. The largest absolute Gasteiger partial charge is 0.394 e. The van der Waals surface area contributed by atoms with Gasteiger partial charge in [0.05, 0.1) is 15.5 Å². The molecule has 1 unspecified atom stereocenters. The van der Waals surface area contributed by atoms with Gasteiger partial charge in [-0.2, -0.15) is 0 Å². The minimum absolute atomic E-state index is 0.0183. The zero-order valence-electron chi connectivity index (χ0n) is 11.2. The first kappa shape index (κ1) is 14.5. The summed E-state index contributed by atoms with van der Waals surface area (Å²) in [4.78, 5) is 1.52. The van der Waals surface area contributed by atoms with Crippen LogP contribution in [0.15, 0.2) is 36.4 Å². The van der Waals surface area contributed by atoms with Crippen LogP contribution in [0.25, 0.3) is 0 Å². The average Bonchev–Trinajstić information content (AvgIpc) is 2.86. The Kier molecular flexibility index (Phi) is 4.75. The minimum Gasteiger partial charge on any atom is -0.394 e. The molecule has 1 aromatic heterocycles. The van der Waals surface area contributed by atoms with Crippen molar-refractivity contribution in [2.24, 2.45) is 0 Å². The summed E-state index contributed by atoms with van der Waals surface area (Å²) in [6.45, 7) is 0.136. The van der Waals surface area contributed by atoms with Crippen LogP contribution in [0.5, 0.6) is 0 Å². The van der Waals surface area contributed by atoms with Crippen molar-refractivity contribution in [1.82, 2.24) is 5.32 Å². The molecule has 0 spiro atoms. The SMILES string of the molecule is OC[C@H](NC1CCCc2sc(I)cc21)c1ccccc1. The first-order valence-corrected chi connectivity index (χ1v) is 8.87. The van der Waals surface area contributed by atoms with E-state index >= 15 is 0 Å². The van der Waals surface area contributed by atoms with E-state index in [2.05, 4.69) is 46.1 Å². The lowest BCUT2D eigenvalue weighted by Crippen LogP contribution is -2.30. The Balaban J connectivity index is 1.80. The first-order valence-electron chi connectivity index (χ1n) is 6.98. The summed E-state index contributed by atoms with van der Waals surface area (Å²) in [5.74, 6) is 0. The third-order valence-corrected chi connectivity index (χ3v) is 5.84. The molecule has 0 saturated carbocycles. The van der Waals surface area contributed by atoms with Gasteiger partial charge in [-0.3, -0.25) is 0 Å². The van der Waals surface area contributed by atoms with Crippen LogP contribution in [0, 0.1) is 2.88 Å². The molecule has 1 aliphatic carbocycles. The van der Waals surface area contributed by atoms with E-state index in [1.54, 1.807) is 0 Å². The average molecular weight is 399 g/mol. The van der Waals surface area contributed by atoms with Gasteiger partial charge in [-0.05, 0) is 59.0 Å². The van der Waals surface area contributed by atoms with Crippen molar-refractivity contribution >= 4 is 33.9 Å². The van der Waals surface area contributed by atoms with Crippen LogP contribution in [0.4, 0.5) is 0 Å². The van der Waals surface area contributed by atoms with Crippen molar-refractivity contribution in [1.29, 1.82) is 0 Å². The predicted octanol–water partition coefficient (Wildman–Crippen LogP) is 4.05. The number of aliphatic hydroxyl groups excluding tert-OH is 1. The number of halogens is 1. The van der Waals surface area contributed by atoms with Crippen molar-refractivity contribution in [2.75, 3.05) is 6.61 Å². The van der Waals surface area contributed by atoms with Gasteiger partial charge in [-0.1, -0.05) is 30.3 Å². The number of thiophene rings is 1. The zero-order chi connectivity index (χ0) is 13.9. The van der Waals surface area contributed by atoms with Gasteiger partial charge in [0.15, 0.2) is 0 Å². The number of hydrogen-bond acceptors (Lipinski definition) is 3. The van der Waals surface area contributed by atoms with Crippen molar-refractivity contribution < 1.29 is 5.11 Å². The maximum Gasteiger partial charge on any atom is 0.0659 e. The van der Waals surface area contributed by atoms with Crippen LogP contribution in [0.3, 0.4) is 0 Å². The smallest absolute Gasteiger partial charge is 0.0659 e. The van der Waals surface area contributed by atoms with E-state index in [0.717, 1.165) is 12.0 Å². The number of nitrogens with one attached hydrogen (secondary N) is 1. The number of rotatable bonds is 4. The third-order valence-electron chi connectivity index (χ3n) is 3.87. The summed E-state index contributed by atoms with van der Waals surface area (Å²) in [5.41, 5.74) is 2.60. The van der Waals surface area contributed by atoms with Gasteiger partial charge in [0.25, 0.3) is 0 Å². The second kappa shape index (κ2) is 6.56. The second-order valence-corrected chi connectivity index (χ2v) is 8.22. The highest BCUT2D eigenvalue weighted by Crippen LogP contribution is 2.37. The van der Waals surface area contributed by atoms with Crippen molar-refractivity contribution in [3.8, 4) is 0 Å². The zero-order valence-corrected chi connectivity index (χ0v) is 14.2. The standard InChI is InChI=1S/C16H18INOS/c17-16-9-12-13(7-4-8-15(12)20-16)18-14(10-19)11-5-2-1-3-6-11/h1-3,5-6,9,13-14,18-19H,4,7-8,10H2/t13?,14-/m0/s1. The molecule has 1 heterocycles. The van der Waals surface area contributed by atoms with Gasteiger partial charge in [0, 0.05) is 10.9 Å². The van der Waals surface area contributed by atoms with E-state index in [4.69, 9.17) is 0 Å². The Morgan fingerprint density at radius 1 is 1.35 bits per heavy atom. The summed E-state index contributed by atoms with van der Waals surface area (Å²) in [5, 5.41) is 13.3. The molecular weight excluding hydrogens is 381 g/mol. The summed E-state index contributed by atoms with van der Waals surface area (Å²) < 4.78 is 1.36. The predicted molar refractivity (Wildman–Crippen MR) is 92.1 cm³/mol. The quantitative estimate of drug-likeness (QED) is 0.761. The van der Waals surface area contributed by atoms with E-state index in [1.165, 1.54) is 26.2 Å². The fourth-order valence-corrected chi connectivity index (χ4v) is 5.00. The summed E-state index contributed by atoms with van der Waals surface area (Å²) in [6.07, 6.45) is 3.59. The molecule has 0 fully saturated rings. The van der Waals surface area contributed by atoms with Gasteiger partial charge in [0.1, 0.15) is 0 Å². The Bertz CT molecular complexity index is 569. The number of fused-ring (bicyclic) bond motifs is 1. The molecule has 2 aromatic rings. The van der Waals surface area contributed by atoms with Gasteiger partial charge in [-0.15, -0.1) is 11.3 Å². The Labute approximate surface area is 137 Å². The molecule has 0 amide bonds. The van der Waals surface area contributed by atoms with Crippen molar-refractivity contribution in [3.63, 3.8) is 0 Å². The Hall–Kier alpha value is -0.430. The molecule has 0 aliphatic heterocycles. The maximum absolute atomic E-state index is 9.70. The lowest BCUT2D eigenvalue weighted by Gasteiger charge is -2.28. The lowest BCUT2D eigenvalue weighted by molar-refractivity contribution is 0.228. The molecule has 1 aliphatic rings. The third kappa shape index (κ3) is 3.08. The highest BCUT2D eigenvalue weighted by atomic mass is 127.